The predicted octanol–water partition coefficient (Wildman–Crippen LogP) is 3.47. The van der Waals surface area contributed by atoms with Crippen LogP contribution >= 0.6 is 0 Å². The van der Waals surface area contributed by atoms with Gasteiger partial charge in [-0.15, -0.1) is 0 Å². The second-order valence-corrected chi connectivity index (χ2v) is 7.85. The SMILES string of the molecule is O=C(NCCc1c[nH]c2ccccc12)N1CCC(OC[C@@H]2CCCCO2)CC1. The number of H-pyrrole nitrogens is 1. The lowest BCUT2D eigenvalue weighted by molar-refractivity contribution is -0.0728. The maximum Gasteiger partial charge on any atom is 0.317 e. The molecule has 4 rings (SSSR count). The Balaban J connectivity index is 1.15. The number of fused-ring (bicyclic) bond motifs is 1. The van der Waals surface area contributed by atoms with Crippen LogP contribution in [0.4, 0.5) is 4.79 Å². The Bertz CT molecular complexity index is 761. The third kappa shape index (κ3) is 4.86. The molecule has 2 saturated heterocycles. The topological polar surface area (TPSA) is 66.6 Å². The molecule has 0 radical (unpaired) electrons. The van der Waals surface area contributed by atoms with Crippen molar-refractivity contribution in [2.45, 2.75) is 50.7 Å². The molecule has 2 N–H and O–H groups in total. The number of urea groups is 1. The van der Waals surface area contributed by atoms with Crippen molar-refractivity contribution in [2.75, 3.05) is 32.8 Å². The molecule has 1 atom stereocenters. The van der Waals surface area contributed by atoms with Gasteiger partial charge in [0.25, 0.3) is 0 Å². The highest BCUT2D eigenvalue weighted by molar-refractivity contribution is 5.83. The van der Waals surface area contributed by atoms with Crippen molar-refractivity contribution >= 4 is 16.9 Å². The number of piperidine rings is 1. The minimum atomic E-state index is 0.0360. The van der Waals surface area contributed by atoms with E-state index in [4.69, 9.17) is 9.47 Å². The highest BCUT2D eigenvalue weighted by atomic mass is 16.5. The summed E-state index contributed by atoms with van der Waals surface area (Å²) in [5.41, 5.74) is 2.39. The van der Waals surface area contributed by atoms with Gasteiger partial charge in [-0.05, 0) is 50.2 Å². The molecule has 2 fully saturated rings. The Morgan fingerprint density at radius 2 is 2.07 bits per heavy atom. The van der Waals surface area contributed by atoms with Crippen LogP contribution in [-0.2, 0) is 15.9 Å². The number of rotatable bonds is 6. The van der Waals surface area contributed by atoms with Crippen molar-refractivity contribution in [3.63, 3.8) is 0 Å². The van der Waals surface area contributed by atoms with E-state index in [1.54, 1.807) is 0 Å². The summed E-state index contributed by atoms with van der Waals surface area (Å²) in [4.78, 5) is 17.6. The number of amides is 2. The molecule has 6 nitrogen and oxygen atoms in total. The van der Waals surface area contributed by atoms with E-state index < -0.39 is 0 Å². The standard InChI is InChI=1S/C22H31N3O3/c26-22(23-11-8-17-15-24-21-7-2-1-6-20(17)21)25-12-9-18(10-13-25)28-16-19-5-3-4-14-27-19/h1-2,6-7,15,18-19,24H,3-5,8-14,16H2,(H,23,26)/t19-/m0/s1. The average Bonchev–Trinajstić information content (AvgIpc) is 3.16. The summed E-state index contributed by atoms with van der Waals surface area (Å²) in [5, 5.41) is 4.30. The van der Waals surface area contributed by atoms with E-state index in [1.807, 2.05) is 23.2 Å². The number of carbonyl (C=O) groups excluding carboxylic acids is 1. The molecule has 6 heteroatoms. The normalized spacial score (nSPS) is 21.1. The van der Waals surface area contributed by atoms with Crippen molar-refractivity contribution in [3.05, 3.63) is 36.0 Å². The number of hydrogen-bond acceptors (Lipinski definition) is 3. The van der Waals surface area contributed by atoms with E-state index >= 15 is 0 Å². The molecular formula is C22H31N3O3. The fourth-order valence-corrected chi connectivity index (χ4v) is 4.16. The Hall–Kier alpha value is -2.05. The smallest absolute Gasteiger partial charge is 0.317 e. The van der Waals surface area contributed by atoms with E-state index in [0.29, 0.717) is 13.2 Å². The first-order chi connectivity index (χ1) is 13.8. The quantitative estimate of drug-likeness (QED) is 0.800. The molecular weight excluding hydrogens is 354 g/mol. The van der Waals surface area contributed by atoms with Crippen LogP contribution in [0, 0.1) is 0 Å². The average molecular weight is 386 g/mol. The van der Waals surface area contributed by atoms with E-state index in [2.05, 4.69) is 22.4 Å². The second kappa shape index (κ2) is 9.43. The van der Waals surface area contributed by atoms with Gasteiger partial charge in [0.1, 0.15) is 0 Å². The fourth-order valence-electron chi connectivity index (χ4n) is 4.16. The van der Waals surface area contributed by atoms with Crippen LogP contribution in [0.15, 0.2) is 30.5 Å². The molecule has 1 aromatic heterocycles. The summed E-state index contributed by atoms with van der Waals surface area (Å²) >= 11 is 0. The van der Waals surface area contributed by atoms with Gasteiger partial charge in [0.2, 0.25) is 0 Å². The van der Waals surface area contributed by atoms with Crippen LogP contribution < -0.4 is 5.32 Å². The summed E-state index contributed by atoms with van der Waals surface area (Å²) in [6.07, 6.45) is 8.71. The molecule has 0 aliphatic carbocycles. The number of hydrogen-bond donors (Lipinski definition) is 2. The first-order valence-electron chi connectivity index (χ1n) is 10.6. The zero-order chi connectivity index (χ0) is 19.2. The molecule has 28 heavy (non-hydrogen) atoms. The van der Waals surface area contributed by atoms with Gasteiger partial charge in [-0.1, -0.05) is 18.2 Å². The van der Waals surface area contributed by atoms with Gasteiger partial charge < -0.3 is 24.7 Å². The monoisotopic (exact) mass is 385 g/mol. The number of benzene rings is 1. The summed E-state index contributed by atoms with van der Waals surface area (Å²) in [5.74, 6) is 0. The lowest BCUT2D eigenvalue weighted by atomic mass is 10.1. The molecule has 1 aromatic carbocycles. The van der Waals surface area contributed by atoms with Crippen LogP contribution in [0.2, 0.25) is 0 Å². The molecule has 0 spiro atoms. The Morgan fingerprint density at radius 1 is 1.21 bits per heavy atom. The largest absolute Gasteiger partial charge is 0.376 e. The van der Waals surface area contributed by atoms with Crippen LogP contribution in [0.5, 0.6) is 0 Å². The summed E-state index contributed by atoms with van der Waals surface area (Å²) in [6, 6.07) is 8.30. The summed E-state index contributed by atoms with van der Waals surface area (Å²) < 4.78 is 11.8. The van der Waals surface area contributed by atoms with E-state index in [-0.39, 0.29) is 18.2 Å². The first-order valence-corrected chi connectivity index (χ1v) is 10.6. The Morgan fingerprint density at radius 3 is 2.89 bits per heavy atom. The maximum atomic E-state index is 12.4. The van der Waals surface area contributed by atoms with E-state index in [9.17, 15) is 4.79 Å². The first kappa shape index (κ1) is 19.3. The van der Waals surface area contributed by atoms with Crippen molar-refractivity contribution in [1.29, 1.82) is 0 Å². The minimum absolute atomic E-state index is 0.0360. The Kier molecular flexibility index (Phi) is 6.49. The molecule has 152 valence electrons. The lowest BCUT2D eigenvalue weighted by Gasteiger charge is -2.33. The van der Waals surface area contributed by atoms with Crippen molar-refractivity contribution in [3.8, 4) is 0 Å². The molecule has 2 aliphatic heterocycles. The highest BCUT2D eigenvalue weighted by Gasteiger charge is 2.24. The zero-order valence-corrected chi connectivity index (χ0v) is 16.5. The van der Waals surface area contributed by atoms with Gasteiger partial charge >= 0.3 is 6.03 Å². The summed E-state index contributed by atoms with van der Waals surface area (Å²) in [7, 11) is 0. The second-order valence-electron chi connectivity index (χ2n) is 7.85. The third-order valence-corrected chi connectivity index (χ3v) is 5.87. The third-order valence-electron chi connectivity index (χ3n) is 5.87. The van der Waals surface area contributed by atoms with Gasteiger partial charge in [0, 0.05) is 43.3 Å². The number of ether oxygens (including phenoxy) is 2. The molecule has 0 unspecified atom stereocenters. The fraction of sp³-hybridized carbons (Fsp3) is 0.591. The van der Waals surface area contributed by atoms with Gasteiger partial charge in [0.15, 0.2) is 0 Å². The number of carbonyl (C=O) groups is 1. The number of nitrogens with zero attached hydrogens (tertiary/aromatic N) is 1. The van der Waals surface area contributed by atoms with Crippen LogP contribution in [-0.4, -0.2) is 61.0 Å². The van der Waals surface area contributed by atoms with Gasteiger partial charge in [-0.25, -0.2) is 4.79 Å². The van der Waals surface area contributed by atoms with E-state index in [1.165, 1.54) is 23.8 Å². The van der Waals surface area contributed by atoms with Crippen LogP contribution in [0.3, 0.4) is 0 Å². The van der Waals surface area contributed by atoms with Crippen LogP contribution in [0.25, 0.3) is 10.9 Å². The van der Waals surface area contributed by atoms with Crippen molar-refractivity contribution < 1.29 is 14.3 Å². The predicted molar refractivity (Wildman–Crippen MR) is 110 cm³/mol. The Labute approximate surface area is 166 Å². The molecule has 2 amide bonds. The van der Waals surface area contributed by atoms with Gasteiger partial charge in [-0.2, -0.15) is 0 Å². The molecule has 0 bridgehead atoms. The van der Waals surface area contributed by atoms with Crippen LogP contribution in [0.1, 0.15) is 37.7 Å². The van der Waals surface area contributed by atoms with E-state index in [0.717, 1.165) is 50.9 Å². The van der Waals surface area contributed by atoms with Crippen molar-refractivity contribution in [2.24, 2.45) is 0 Å². The lowest BCUT2D eigenvalue weighted by Crippen LogP contribution is -2.46. The van der Waals surface area contributed by atoms with Gasteiger partial charge in [0.05, 0.1) is 18.8 Å². The number of likely N-dealkylation sites (tertiary alicyclic amines) is 1. The molecule has 0 saturated carbocycles. The maximum absolute atomic E-state index is 12.4. The van der Waals surface area contributed by atoms with Crippen molar-refractivity contribution in [1.82, 2.24) is 15.2 Å². The number of aromatic amines is 1. The molecule has 3 heterocycles. The number of nitrogens with one attached hydrogen (secondary N) is 2. The zero-order valence-electron chi connectivity index (χ0n) is 16.5. The molecule has 2 aromatic rings. The van der Waals surface area contributed by atoms with Gasteiger partial charge in [-0.3, -0.25) is 0 Å². The highest BCUT2D eigenvalue weighted by Crippen LogP contribution is 2.19. The minimum Gasteiger partial charge on any atom is -0.376 e. The number of para-hydroxylation sites is 1. The molecule has 2 aliphatic rings. The number of aromatic nitrogens is 1. The summed E-state index contributed by atoms with van der Waals surface area (Å²) in [6.45, 7) is 3.73.